The first-order chi connectivity index (χ1) is 45.0. The van der Waals surface area contributed by atoms with Gasteiger partial charge in [-0.2, -0.15) is 13.2 Å². The lowest BCUT2D eigenvalue weighted by atomic mass is 9.69. The van der Waals surface area contributed by atoms with Crippen LogP contribution in [0, 0.1) is 5.41 Å². The van der Waals surface area contributed by atoms with Crippen LogP contribution >= 0.6 is 23.4 Å². The van der Waals surface area contributed by atoms with Crippen molar-refractivity contribution in [3.63, 3.8) is 0 Å². The predicted molar refractivity (Wildman–Crippen MR) is 352 cm³/mol. The van der Waals surface area contributed by atoms with E-state index in [9.17, 15) is 58.8 Å². The topological polar surface area (TPSA) is 244 Å². The lowest BCUT2D eigenvalue weighted by Crippen LogP contribution is -2.54. The van der Waals surface area contributed by atoms with Crippen LogP contribution in [0.2, 0.25) is 5.02 Å². The van der Waals surface area contributed by atoms with Crippen molar-refractivity contribution in [3.05, 3.63) is 148 Å². The molecule has 4 saturated heterocycles. The van der Waals surface area contributed by atoms with Gasteiger partial charge in [-0.05, 0) is 147 Å². The number of alkyl halides is 3. The van der Waals surface area contributed by atoms with Crippen LogP contribution in [0.1, 0.15) is 107 Å². The number of thioether (sulfide) groups is 1. The lowest BCUT2D eigenvalue weighted by molar-refractivity contribution is -0.136. The van der Waals surface area contributed by atoms with Crippen molar-refractivity contribution >= 4 is 101 Å². The van der Waals surface area contributed by atoms with Crippen LogP contribution in [0.25, 0.3) is 5.57 Å². The summed E-state index contributed by atoms with van der Waals surface area (Å²) in [5.74, 6) is -2.85. The van der Waals surface area contributed by atoms with E-state index in [0.717, 1.165) is 71.8 Å². The maximum atomic E-state index is 14.4. The third kappa shape index (κ3) is 15.8. The number of morpholine rings is 1. The number of amides is 6. The third-order valence-corrected chi connectivity index (χ3v) is 22.9. The first-order valence-electron chi connectivity index (χ1n) is 31.7. The van der Waals surface area contributed by atoms with Crippen molar-refractivity contribution in [1.29, 1.82) is 0 Å². The number of sulfonamides is 1. The number of ether oxygens (including phenoxy) is 1. The zero-order valence-electron chi connectivity index (χ0n) is 51.8. The molecule has 5 aromatic carbocycles. The summed E-state index contributed by atoms with van der Waals surface area (Å²) in [5, 5.41) is 9.15. The Kier molecular flexibility index (Phi) is 21.2. The Morgan fingerprint density at radius 2 is 1.52 bits per heavy atom. The summed E-state index contributed by atoms with van der Waals surface area (Å²) >= 11 is 7.79. The van der Waals surface area contributed by atoms with Gasteiger partial charge in [0.25, 0.3) is 37.6 Å². The van der Waals surface area contributed by atoms with Gasteiger partial charge in [0.05, 0.1) is 34.9 Å². The second-order valence-electron chi connectivity index (χ2n) is 24.8. The Balaban J connectivity index is 0.673. The van der Waals surface area contributed by atoms with E-state index in [4.69, 9.17) is 16.3 Å². The summed E-state index contributed by atoms with van der Waals surface area (Å²) < 4.78 is 104. The number of sulfone groups is 1. The molecule has 6 amide bonds. The number of nitrogens with one attached hydrogen (secondary N) is 4. The smallest absolute Gasteiger partial charge is 0.384 e. The molecule has 4 fully saturated rings. The average molecular weight is 1370 g/mol. The van der Waals surface area contributed by atoms with Gasteiger partial charge in [-0.25, -0.2) is 21.6 Å². The number of fused-ring (bicyclic) bond motifs is 1. The first-order valence-corrected chi connectivity index (χ1v) is 36.1. The standard InChI is InChI=1S/C67H75ClF3N9O11S3/c68-48-17-13-45(14-18-48)53-25-27-66(28-31-79(44-66)60(82)12-5-2-6-29-72-56-11-7-10-54-61(56)65(86)80(64(54)85)57-23-24-59(81)74-63(57)84)41-47(53)42-77-32-34-78(35-33-77)50-19-15-46(16-20-50)62(83)75-94(89,90)52-21-22-55(58(40-52)93(87,88)67(69,70)71)73-49(26-30-76-36-38-91-39-37-76)43-92-51-8-3-1-4-9-51/h1,3-4,7-11,13-22,40,49,57,72-73H,2,5-6,12,23-39,41-44H2,(H,75,83)(H,74,81,84)/t49-,57?,66?/m1/s1. The minimum Gasteiger partial charge on any atom is -0.384 e. The van der Waals surface area contributed by atoms with Crippen molar-refractivity contribution in [2.45, 2.75) is 103 Å². The summed E-state index contributed by atoms with van der Waals surface area (Å²) in [5.41, 5.74) is -0.903. The van der Waals surface area contributed by atoms with E-state index in [0.29, 0.717) is 127 Å². The number of unbranched alkanes of at least 4 members (excludes halogenated alkanes) is 2. The molecule has 27 heteroatoms. The van der Waals surface area contributed by atoms with E-state index in [1.165, 1.54) is 35.0 Å². The molecule has 500 valence electrons. The molecule has 20 nitrogen and oxygen atoms in total. The molecule has 5 aliphatic heterocycles. The van der Waals surface area contributed by atoms with Gasteiger partial charge in [-0.3, -0.25) is 48.8 Å². The van der Waals surface area contributed by atoms with Crippen LogP contribution in [0.15, 0.2) is 136 Å². The summed E-state index contributed by atoms with van der Waals surface area (Å²) in [6, 6.07) is 29.3. The highest BCUT2D eigenvalue weighted by Crippen LogP contribution is 2.49. The van der Waals surface area contributed by atoms with E-state index in [-0.39, 0.29) is 40.9 Å². The Morgan fingerprint density at radius 1 is 0.777 bits per heavy atom. The summed E-state index contributed by atoms with van der Waals surface area (Å²) in [7, 11) is -11.0. The molecule has 4 N–H and O–H groups in total. The minimum atomic E-state index is -6.11. The van der Waals surface area contributed by atoms with Gasteiger partial charge >= 0.3 is 5.51 Å². The minimum absolute atomic E-state index is 0.0331. The highest BCUT2D eigenvalue weighted by Gasteiger charge is 2.49. The number of piperazine rings is 1. The van der Waals surface area contributed by atoms with Crippen molar-refractivity contribution in [2.24, 2.45) is 5.41 Å². The van der Waals surface area contributed by atoms with E-state index in [1.54, 1.807) is 30.3 Å². The molecule has 0 saturated carbocycles. The molecule has 3 atom stereocenters. The number of piperidine rings is 1. The normalized spacial score (nSPS) is 20.4. The third-order valence-electron chi connectivity index (χ3n) is 18.6. The molecule has 0 aromatic heterocycles. The molecular weight excluding hydrogens is 1300 g/mol. The number of hydrogen-bond donors (Lipinski definition) is 4. The van der Waals surface area contributed by atoms with Gasteiger partial charge in [0, 0.05) is 123 Å². The maximum absolute atomic E-state index is 14.4. The van der Waals surface area contributed by atoms with Gasteiger partial charge in [0.1, 0.15) is 10.9 Å². The molecule has 0 bridgehead atoms. The number of likely N-dealkylation sites (tertiary alicyclic amines) is 1. The van der Waals surface area contributed by atoms with E-state index < -0.39 is 82.5 Å². The summed E-state index contributed by atoms with van der Waals surface area (Å²) in [6.45, 7) is 8.18. The number of rotatable bonds is 24. The fourth-order valence-electron chi connectivity index (χ4n) is 13.4. The van der Waals surface area contributed by atoms with Crippen LogP contribution < -0.4 is 25.6 Å². The molecule has 94 heavy (non-hydrogen) atoms. The van der Waals surface area contributed by atoms with E-state index in [2.05, 4.69) is 42.8 Å². The molecule has 1 spiro atoms. The number of anilines is 3. The fourth-order valence-corrected chi connectivity index (χ4v) is 16.6. The first kappa shape index (κ1) is 68.1. The quantitative estimate of drug-likeness (QED) is 0.0256. The monoisotopic (exact) mass is 1370 g/mol. The molecule has 0 radical (unpaired) electrons. The lowest BCUT2D eigenvalue weighted by Gasteiger charge is -2.40. The van der Waals surface area contributed by atoms with Crippen LogP contribution in [0.4, 0.5) is 30.2 Å². The predicted octanol–water partition coefficient (Wildman–Crippen LogP) is 9.10. The second kappa shape index (κ2) is 29.3. The van der Waals surface area contributed by atoms with Crippen LogP contribution in [0.5, 0.6) is 0 Å². The number of nitrogens with zero attached hydrogens (tertiary/aromatic N) is 5. The second-order valence-corrected chi connectivity index (χ2v) is 29.9. The zero-order valence-corrected chi connectivity index (χ0v) is 55.0. The average Bonchev–Trinajstić information content (AvgIpc) is 1.42. The van der Waals surface area contributed by atoms with Gasteiger partial charge in [0.2, 0.25) is 17.7 Å². The van der Waals surface area contributed by atoms with Crippen molar-refractivity contribution in [3.8, 4) is 0 Å². The number of carbonyl (C=O) groups is 6. The molecular formula is C67H75ClF3N9O11S3. The molecule has 11 rings (SSSR count). The Labute approximate surface area is 554 Å². The molecule has 1 aliphatic carbocycles. The van der Waals surface area contributed by atoms with Crippen LogP contribution in [0.3, 0.4) is 0 Å². The van der Waals surface area contributed by atoms with Gasteiger partial charge < -0.3 is 25.2 Å². The zero-order chi connectivity index (χ0) is 66.4. The van der Waals surface area contributed by atoms with Crippen LogP contribution in [-0.4, -0.2) is 180 Å². The molecule has 5 heterocycles. The number of imide groups is 2. The summed E-state index contributed by atoms with van der Waals surface area (Å²) in [4.78, 5) is 87.0. The number of hydrogen-bond acceptors (Lipinski definition) is 17. The largest absolute Gasteiger partial charge is 0.501 e. The SMILES string of the molecule is O=C1CCC(N2C(=O)c3cccc(NCCCCCC(=O)N4CCC5(CCC(c6ccc(Cl)cc6)=C(CN6CCN(c7ccc(C(=O)NS(=O)(=O)c8ccc(N[C@H](CCN9CCOCC9)CSc9ccccc9)c(S(=O)(=O)C(F)(F)F)c8)cc7)CC6)C5)C4)c3C2=O)C(=O)N1. The van der Waals surface area contributed by atoms with Crippen molar-refractivity contribution in [1.82, 2.24) is 29.6 Å². The van der Waals surface area contributed by atoms with Gasteiger partial charge in [0.15, 0.2) is 0 Å². The maximum Gasteiger partial charge on any atom is 0.501 e. The Morgan fingerprint density at radius 3 is 2.24 bits per heavy atom. The number of halogens is 4. The number of carbonyl (C=O) groups excluding carboxylic acids is 6. The van der Waals surface area contributed by atoms with Crippen molar-refractivity contribution < 1.29 is 63.5 Å². The van der Waals surface area contributed by atoms with E-state index in [1.807, 2.05) is 52.1 Å². The highest BCUT2D eigenvalue weighted by atomic mass is 35.5. The Bertz CT molecular complexity index is 3930. The summed E-state index contributed by atoms with van der Waals surface area (Å²) in [6.07, 6.45) is 6.58. The number of benzene rings is 5. The highest BCUT2D eigenvalue weighted by molar-refractivity contribution is 7.99. The molecule has 6 aliphatic rings. The van der Waals surface area contributed by atoms with Gasteiger partial charge in [-0.1, -0.05) is 60.0 Å². The van der Waals surface area contributed by atoms with Crippen molar-refractivity contribution in [2.75, 3.05) is 106 Å². The molecule has 2 unspecified atom stereocenters. The van der Waals surface area contributed by atoms with E-state index >= 15 is 0 Å². The number of allylic oxidation sites excluding steroid dienone is 1. The van der Waals surface area contributed by atoms with Gasteiger partial charge in [-0.15, -0.1) is 11.8 Å². The fraction of sp³-hybridized carbons (Fsp3) is 0.433. The molecule has 5 aromatic rings. The van der Waals surface area contributed by atoms with Crippen LogP contribution in [-0.2, 0) is 39.0 Å². The Hall–Kier alpha value is -7.33.